The summed E-state index contributed by atoms with van der Waals surface area (Å²) < 4.78 is 34.6. The molecule has 36 heavy (non-hydrogen) atoms. The topological polar surface area (TPSA) is 76.5 Å². The van der Waals surface area contributed by atoms with E-state index in [1.165, 1.54) is 29.9 Å². The number of halogens is 2. The number of amides is 1. The summed E-state index contributed by atoms with van der Waals surface area (Å²) in [4.78, 5) is 33.0. The van der Waals surface area contributed by atoms with Crippen molar-refractivity contribution in [1.29, 1.82) is 0 Å². The van der Waals surface area contributed by atoms with Crippen LogP contribution in [-0.4, -0.2) is 52.6 Å². The zero-order valence-electron chi connectivity index (χ0n) is 20.7. The summed E-state index contributed by atoms with van der Waals surface area (Å²) in [5, 5.41) is 3.03. The molecule has 7 nitrogen and oxygen atoms in total. The second-order valence-corrected chi connectivity index (χ2v) is 9.46. The number of fused-ring (bicyclic) bond motifs is 1. The first-order chi connectivity index (χ1) is 17.3. The fourth-order valence-corrected chi connectivity index (χ4v) is 4.46. The van der Waals surface area contributed by atoms with Crippen LogP contribution in [0.25, 0.3) is 22.3 Å². The highest BCUT2D eigenvalue weighted by molar-refractivity contribution is 5.83. The molecule has 1 amide bonds. The van der Waals surface area contributed by atoms with Gasteiger partial charge in [-0.3, -0.25) is 14.2 Å². The van der Waals surface area contributed by atoms with Gasteiger partial charge in [0.25, 0.3) is 5.56 Å². The van der Waals surface area contributed by atoms with E-state index in [-0.39, 0.29) is 35.3 Å². The molecule has 4 rings (SSSR count). The number of carbonyl (C=O) groups excluding carboxylic acids is 1. The maximum Gasteiger partial charge on any atom is 0.262 e. The number of likely N-dealkylation sites (tertiary alicyclic amines) is 1. The minimum atomic E-state index is -1.06. The van der Waals surface area contributed by atoms with E-state index in [1.54, 1.807) is 18.2 Å². The number of nitrogens with zero attached hydrogens (tertiary/aromatic N) is 3. The Balaban J connectivity index is 1.62. The number of ether oxygens (including phenoxy) is 1. The minimum absolute atomic E-state index is 0.0838. The molecule has 1 N–H and O–H groups in total. The molecule has 0 spiro atoms. The molecule has 192 valence electrons. The largest absolute Gasteiger partial charge is 0.494 e. The Kier molecular flexibility index (Phi) is 8.30. The molecular weight excluding hydrogens is 466 g/mol. The lowest BCUT2D eigenvalue weighted by molar-refractivity contribution is -0.122. The predicted octanol–water partition coefficient (Wildman–Crippen LogP) is 4.12. The van der Waals surface area contributed by atoms with Gasteiger partial charge >= 0.3 is 0 Å². The van der Waals surface area contributed by atoms with Crippen molar-refractivity contribution in [3.63, 3.8) is 0 Å². The van der Waals surface area contributed by atoms with Crippen molar-refractivity contribution < 1.29 is 18.3 Å². The molecule has 3 aromatic rings. The van der Waals surface area contributed by atoms with Crippen molar-refractivity contribution >= 4 is 16.8 Å². The Bertz CT molecular complexity index is 1290. The summed E-state index contributed by atoms with van der Waals surface area (Å²) in [7, 11) is 0. The highest BCUT2D eigenvalue weighted by Crippen LogP contribution is 2.23. The molecular formula is C27H32F2N4O3. The third-order valence-electron chi connectivity index (χ3n) is 6.19. The van der Waals surface area contributed by atoms with Crippen LogP contribution in [0.4, 0.5) is 8.78 Å². The van der Waals surface area contributed by atoms with Crippen molar-refractivity contribution in [3.8, 4) is 17.1 Å². The number of nitrogens with one attached hydrogen (secondary N) is 1. The van der Waals surface area contributed by atoms with Crippen LogP contribution < -0.4 is 15.6 Å². The van der Waals surface area contributed by atoms with Gasteiger partial charge in [-0.15, -0.1) is 0 Å². The van der Waals surface area contributed by atoms with E-state index in [9.17, 15) is 18.4 Å². The van der Waals surface area contributed by atoms with Crippen LogP contribution in [0.1, 0.15) is 39.5 Å². The molecule has 0 bridgehead atoms. The normalized spacial score (nSPS) is 14.4. The first-order valence-electron chi connectivity index (χ1n) is 12.5. The average molecular weight is 499 g/mol. The van der Waals surface area contributed by atoms with Crippen molar-refractivity contribution in [1.82, 2.24) is 19.8 Å². The average Bonchev–Trinajstić information content (AvgIpc) is 2.85. The quantitative estimate of drug-likeness (QED) is 0.449. The fourth-order valence-electron chi connectivity index (χ4n) is 4.46. The molecule has 0 aliphatic carbocycles. The fraction of sp³-hybridized carbons (Fsp3) is 0.444. The van der Waals surface area contributed by atoms with Gasteiger partial charge in [0.2, 0.25) is 5.91 Å². The van der Waals surface area contributed by atoms with E-state index in [1.807, 2.05) is 13.8 Å². The summed E-state index contributed by atoms with van der Waals surface area (Å²) in [6, 6.07) is 8.18. The molecule has 0 radical (unpaired) electrons. The number of piperidine rings is 1. The van der Waals surface area contributed by atoms with E-state index in [2.05, 4.69) is 15.2 Å². The van der Waals surface area contributed by atoms with Crippen molar-refractivity contribution in [2.24, 2.45) is 0 Å². The van der Waals surface area contributed by atoms with Crippen LogP contribution in [0.15, 0.2) is 41.2 Å². The van der Waals surface area contributed by atoms with Crippen molar-refractivity contribution in [3.05, 3.63) is 58.4 Å². The standard InChI is InChI=1S/C27H32F2N4O3/c1-18(2)30-25(34)17-33-26(19-7-9-22(28)23(29)15-19)31-24-10-8-20(16-21(24)27(33)35)36-14-6-13-32-11-4-3-5-12-32/h7-10,15-16,18H,3-6,11-14,17H2,1-2H3,(H,30,34). The second kappa shape index (κ2) is 11.6. The van der Waals surface area contributed by atoms with Gasteiger partial charge in [0.15, 0.2) is 11.6 Å². The molecule has 1 saturated heterocycles. The van der Waals surface area contributed by atoms with Gasteiger partial charge in [-0.1, -0.05) is 6.42 Å². The molecule has 1 aromatic heterocycles. The Morgan fingerprint density at radius 1 is 1.08 bits per heavy atom. The molecule has 0 unspecified atom stereocenters. The molecule has 1 aliphatic rings. The number of hydrogen-bond donors (Lipinski definition) is 1. The Morgan fingerprint density at radius 3 is 2.58 bits per heavy atom. The minimum Gasteiger partial charge on any atom is -0.494 e. The second-order valence-electron chi connectivity index (χ2n) is 9.46. The molecule has 2 heterocycles. The van der Waals surface area contributed by atoms with Gasteiger partial charge < -0.3 is 15.0 Å². The van der Waals surface area contributed by atoms with E-state index < -0.39 is 17.2 Å². The number of carbonyl (C=O) groups is 1. The maximum atomic E-state index is 14.0. The summed E-state index contributed by atoms with van der Waals surface area (Å²) in [5.74, 6) is -1.83. The summed E-state index contributed by atoms with van der Waals surface area (Å²) in [6.45, 7) is 7.07. The van der Waals surface area contributed by atoms with E-state index >= 15 is 0 Å². The maximum absolute atomic E-state index is 14.0. The molecule has 1 fully saturated rings. The van der Waals surface area contributed by atoms with Gasteiger partial charge in [0.05, 0.1) is 17.5 Å². The Labute approximate surface area is 209 Å². The van der Waals surface area contributed by atoms with Crippen LogP contribution in [0.3, 0.4) is 0 Å². The van der Waals surface area contributed by atoms with Crippen molar-refractivity contribution in [2.45, 2.75) is 52.1 Å². The van der Waals surface area contributed by atoms with E-state index in [0.29, 0.717) is 17.9 Å². The summed E-state index contributed by atoms with van der Waals surface area (Å²) >= 11 is 0. The summed E-state index contributed by atoms with van der Waals surface area (Å²) in [5.41, 5.74) is 0.113. The van der Waals surface area contributed by atoms with Crippen LogP contribution in [0.2, 0.25) is 0 Å². The van der Waals surface area contributed by atoms with Gasteiger partial charge in [-0.25, -0.2) is 13.8 Å². The lowest BCUT2D eigenvalue weighted by Crippen LogP contribution is -2.37. The number of benzene rings is 2. The predicted molar refractivity (Wildman–Crippen MR) is 135 cm³/mol. The zero-order valence-corrected chi connectivity index (χ0v) is 20.7. The highest BCUT2D eigenvalue weighted by Gasteiger charge is 2.18. The first kappa shape index (κ1) is 25.8. The van der Waals surface area contributed by atoms with Gasteiger partial charge in [-0.2, -0.15) is 0 Å². The highest BCUT2D eigenvalue weighted by atomic mass is 19.2. The molecule has 1 aliphatic heterocycles. The first-order valence-corrected chi connectivity index (χ1v) is 12.5. The van der Waals surface area contributed by atoms with Crippen LogP contribution in [-0.2, 0) is 11.3 Å². The monoisotopic (exact) mass is 498 g/mol. The van der Waals surface area contributed by atoms with E-state index in [0.717, 1.165) is 38.2 Å². The lowest BCUT2D eigenvalue weighted by atomic mass is 10.1. The van der Waals surface area contributed by atoms with E-state index in [4.69, 9.17) is 4.74 Å². The number of aromatic nitrogens is 2. The van der Waals surface area contributed by atoms with Gasteiger partial charge in [0.1, 0.15) is 18.1 Å². The Morgan fingerprint density at radius 2 is 1.86 bits per heavy atom. The van der Waals surface area contributed by atoms with Crippen LogP contribution in [0, 0.1) is 11.6 Å². The zero-order chi connectivity index (χ0) is 25.7. The van der Waals surface area contributed by atoms with Gasteiger partial charge in [0, 0.05) is 18.2 Å². The van der Waals surface area contributed by atoms with Crippen molar-refractivity contribution in [2.75, 3.05) is 26.2 Å². The molecule has 0 atom stereocenters. The Hall–Kier alpha value is -3.33. The number of hydrogen-bond acceptors (Lipinski definition) is 5. The molecule has 0 saturated carbocycles. The van der Waals surface area contributed by atoms with Crippen LogP contribution >= 0.6 is 0 Å². The number of rotatable bonds is 9. The van der Waals surface area contributed by atoms with Crippen LogP contribution in [0.5, 0.6) is 5.75 Å². The SMILES string of the molecule is CC(C)NC(=O)Cn1c(-c2ccc(F)c(F)c2)nc2ccc(OCCCN3CCCCC3)cc2c1=O. The molecule has 2 aromatic carbocycles. The third kappa shape index (κ3) is 6.26. The lowest BCUT2D eigenvalue weighted by Gasteiger charge is -2.26. The summed E-state index contributed by atoms with van der Waals surface area (Å²) in [6.07, 6.45) is 4.66. The smallest absolute Gasteiger partial charge is 0.262 e. The van der Waals surface area contributed by atoms with Gasteiger partial charge in [-0.05, 0) is 82.6 Å². The molecule has 9 heteroatoms. The third-order valence-corrected chi connectivity index (χ3v) is 6.19.